The highest BCUT2D eigenvalue weighted by molar-refractivity contribution is 8.00. The van der Waals surface area contributed by atoms with Crippen LogP contribution in [0.2, 0.25) is 15.1 Å². The monoisotopic (exact) mass is 605 g/mol. The summed E-state index contributed by atoms with van der Waals surface area (Å²) in [6.07, 6.45) is 0. The molecule has 1 aliphatic heterocycles. The summed E-state index contributed by atoms with van der Waals surface area (Å²) in [6.45, 7) is 0. The van der Waals surface area contributed by atoms with Gasteiger partial charge in [0.2, 0.25) is 5.13 Å². The average Bonchev–Trinajstić information content (AvgIpc) is 3.47. The number of thioether (sulfide) groups is 1. The fraction of sp³-hybridized carbons (Fsp3) is 0.0769. The van der Waals surface area contributed by atoms with E-state index in [0.29, 0.717) is 31.3 Å². The van der Waals surface area contributed by atoms with Crippen LogP contribution in [0.5, 0.6) is 0 Å². The number of hydrogen-bond donors (Lipinski definition) is 1. The molecule has 4 aromatic rings. The van der Waals surface area contributed by atoms with Gasteiger partial charge >= 0.3 is 5.91 Å². The van der Waals surface area contributed by atoms with E-state index < -0.39 is 17.7 Å². The van der Waals surface area contributed by atoms with E-state index in [0.717, 1.165) is 16.9 Å². The Labute approximate surface area is 239 Å². The number of Topliss-reactive ketones (excluding diaryl/α,β-unsaturated/α-hetero) is 1. The number of halogens is 4. The molecule has 1 N–H and O–H groups in total. The van der Waals surface area contributed by atoms with Crippen LogP contribution in [-0.4, -0.2) is 27.0 Å². The molecule has 0 saturated carbocycles. The number of carbonyl (C=O) groups is 2. The molecule has 6 nitrogen and oxygen atoms in total. The minimum atomic E-state index is -1.04. The smallest absolute Gasteiger partial charge is 0.301 e. The number of carbonyl (C=O) groups excluding carboxylic acids is 2. The lowest BCUT2D eigenvalue weighted by Gasteiger charge is -2.22. The maximum absolute atomic E-state index is 13.3. The van der Waals surface area contributed by atoms with Crippen molar-refractivity contribution < 1.29 is 19.1 Å². The highest BCUT2D eigenvalue weighted by Crippen LogP contribution is 2.45. The Morgan fingerprint density at radius 3 is 2.37 bits per heavy atom. The number of aliphatic hydroxyl groups is 1. The van der Waals surface area contributed by atoms with Crippen molar-refractivity contribution >= 4 is 80.5 Å². The van der Waals surface area contributed by atoms with Gasteiger partial charge < -0.3 is 5.11 Å². The number of ketones is 1. The van der Waals surface area contributed by atoms with Crippen molar-refractivity contribution in [1.29, 1.82) is 0 Å². The molecule has 1 unspecified atom stereocenters. The Morgan fingerprint density at radius 1 is 0.974 bits per heavy atom. The van der Waals surface area contributed by atoms with Gasteiger partial charge in [0.05, 0.1) is 21.7 Å². The van der Waals surface area contributed by atoms with Crippen molar-refractivity contribution in [3.05, 3.63) is 110 Å². The number of anilines is 1. The second-order valence-corrected chi connectivity index (χ2v) is 11.5. The van der Waals surface area contributed by atoms with Gasteiger partial charge in [0.1, 0.15) is 11.6 Å². The van der Waals surface area contributed by atoms with E-state index >= 15 is 0 Å². The van der Waals surface area contributed by atoms with Crippen molar-refractivity contribution in [2.24, 2.45) is 0 Å². The molecule has 3 aromatic carbocycles. The number of rotatable bonds is 6. The molecule has 1 atom stereocenters. The zero-order valence-electron chi connectivity index (χ0n) is 19.1. The number of aromatic nitrogens is 2. The predicted octanol–water partition coefficient (Wildman–Crippen LogP) is 7.56. The Morgan fingerprint density at radius 2 is 1.68 bits per heavy atom. The summed E-state index contributed by atoms with van der Waals surface area (Å²) < 4.78 is 13.7. The Kier molecular flexibility index (Phi) is 7.74. The van der Waals surface area contributed by atoms with Crippen molar-refractivity contribution in [1.82, 2.24) is 10.2 Å². The standard InChI is InChI=1S/C26H15Cl3FN3O3S2/c27-16-6-3-14(4-7-16)22(34)20-21(15-5-10-18(28)19(29)11-15)33(24(36)23(20)35)25-31-32-26(38-25)37-12-13-1-8-17(30)9-2-13/h1-11,21,34H,12H2/b22-20+. The topological polar surface area (TPSA) is 83.4 Å². The molecule has 38 heavy (non-hydrogen) atoms. The van der Waals surface area contributed by atoms with Crippen LogP contribution in [0, 0.1) is 5.82 Å². The van der Waals surface area contributed by atoms with Crippen LogP contribution in [0.4, 0.5) is 9.52 Å². The second-order valence-electron chi connectivity index (χ2n) is 8.12. The van der Waals surface area contributed by atoms with Crippen LogP contribution in [0.3, 0.4) is 0 Å². The third-order valence-electron chi connectivity index (χ3n) is 5.70. The third kappa shape index (κ3) is 5.30. The maximum atomic E-state index is 13.3. The number of benzene rings is 3. The van der Waals surface area contributed by atoms with Crippen LogP contribution in [0.1, 0.15) is 22.7 Å². The summed E-state index contributed by atoms with van der Waals surface area (Å²) in [6, 6.07) is 16.0. The van der Waals surface area contributed by atoms with Crippen LogP contribution in [0.25, 0.3) is 5.76 Å². The van der Waals surface area contributed by atoms with E-state index in [1.807, 2.05) is 0 Å². The van der Waals surface area contributed by atoms with Gasteiger partial charge in [0.15, 0.2) is 4.34 Å². The number of nitrogens with zero attached hydrogens (tertiary/aromatic N) is 3. The molecule has 2 heterocycles. The lowest BCUT2D eigenvalue weighted by molar-refractivity contribution is -0.132. The van der Waals surface area contributed by atoms with Crippen molar-refractivity contribution in [2.45, 2.75) is 16.1 Å². The van der Waals surface area contributed by atoms with Crippen LogP contribution in [0.15, 0.2) is 76.6 Å². The first-order chi connectivity index (χ1) is 18.2. The lowest BCUT2D eigenvalue weighted by Crippen LogP contribution is -2.29. The molecule has 0 bridgehead atoms. The van der Waals surface area contributed by atoms with Crippen molar-refractivity contribution in [3.63, 3.8) is 0 Å². The average molecular weight is 607 g/mol. The van der Waals surface area contributed by atoms with Gasteiger partial charge in [-0.05, 0) is 59.7 Å². The van der Waals surface area contributed by atoms with Crippen molar-refractivity contribution in [2.75, 3.05) is 4.90 Å². The van der Waals surface area contributed by atoms with Crippen LogP contribution < -0.4 is 4.90 Å². The summed E-state index contributed by atoms with van der Waals surface area (Å²) in [5.41, 5.74) is 1.51. The SMILES string of the molecule is O=C1C(=O)N(c2nnc(SCc3ccc(F)cc3)s2)C(c2ccc(Cl)c(Cl)c2)/C1=C(\O)c1ccc(Cl)cc1. The van der Waals surface area contributed by atoms with Gasteiger partial charge in [-0.15, -0.1) is 10.2 Å². The summed E-state index contributed by atoms with van der Waals surface area (Å²) in [5.74, 6) is -1.95. The first-order valence-corrected chi connectivity index (χ1v) is 13.9. The zero-order valence-corrected chi connectivity index (χ0v) is 23.0. The van der Waals surface area contributed by atoms with E-state index in [1.54, 1.807) is 48.5 Å². The predicted molar refractivity (Wildman–Crippen MR) is 149 cm³/mol. The largest absolute Gasteiger partial charge is 0.507 e. The highest BCUT2D eigenvalue weighted by atomic mass is 35.5. The van der Waals surface area contributed by atoms with E-state index in [9.17, 15) is 19.1 Å². The number of amides is 1. The summed E-state index contributed by atoms with van der Waals surface area (Å²) in [7, 11) is 0. The van der Waals surface area contributed by atoms with Gasteiger partial charge in [0.25, 0.3) is 5.78 Å². The maximum Gasteiger partial charge on any atom is 0.301 e. The third-order valence-corrected chi connectivity index (χ3v) is 8.82. The molecule has 1 fully saturated rings. The molecular formula is C26H15Cl3FN3O3S2. The van der Waals surface area contributed by atoms with Crippen molar-refractivity contribution in [3.8, 4) is 0 Å². The number of aliphatic hydroxyl groups excluding tert-OH is 1. The summed E-state index contributed by atoms with van der Waals surface area (Å²) >= 11 is 20.8. The first kappa shape index (κ1) is 26.6. The van der Waals surface area contributed by atoms with E-state index in [2.05, 4.69) is 10.2 Å². The van der Waals surface area contributed by atoms with Gasteiger partial charge in [-0.25, -0.2) is 4.39 Å². The second kappa shape index (κ2) is 11.0. The Hall–Kier alpha value is -2.95. The van der Waals surface area contributed by atoms with E-state index in [-0.39, 0.29) is 27.3 Å². The highest BCUT2D eigenvalue weighted by Gasteiger charge is 2.48. The summed E-state index contributed by atoms with van der Waals surface area (Å²) in [4.78, 5) is 27.8. The van der Waals surface area contributed by atoms with Gasteiger partial charge in [0, 0.05) is 16.3 Å². The minimum Gasteiger partial charge on any atom is -0.507 e. The van der Waals surface area contributed by atoms with E-state index in [1.165, 1.54) is 34.9 Å². The minimum absolute atomic E-state index is 0.133. The fourth-order valence-electron chi connectivity index (χ4n) is 3.87. The molecular weight excluding hydrogens is 592 g/mol. The molecule has 5 rings (SSSR count). The first-order valence-electron chi connectivity index (χ1n) is 11.0. The molecule has 0 aliphatic carbocycles. The quantitative estimate of drug-likeness (QED) is 0.0802. The van der Waals surface area contributed by atoms with Gasteiger partial charge in [-0.3, -0.25) is 14.5 Å². The fourth-order valence-corrected chi connectivity index (χ4v) is 6.13. The summed E-state index contributed by atoms with van der Waals surface area (Å²) in [5, 5.41) is 20.6. The molecule has 0 radical (unpaired) electrons. The molecule has 1 aromatic heterocycles. The molecule has 0 spiro atoms. The Bertz CT molecular complexity index is 1580. The normalized spacial score (nSPS) is 16.8. The van der Waals surface area contributed by atoms with Crippen LogP contribution in [-0.2, 0) is 15.3 Å². The van der Waals surface area contributed by atoms with Crippen LogP contribution >= 0.6 is 57.9 Å². The lowest BCUT2D eigenvalue weighted by atomic mass is 9.95. The molecule has 192 valence electrons. The zero-order chi connectivity index (χ0) is 27.0. The molecule has 1 aliphatic rings. The van der Waals surface area contributed by atoms with E-state index in [4.69, 9.17) is 34.8 Å². The number of hydrogen-bond acceptors (Lipinski definition) is 7. The van der Waals surface area contributed by atoms with Gasteiger partial charge in [-0.2, -0.15) is 0 Å². The Balaban J connectivity index is 1.55. The van der Waals surface area contributed by atoms with Gasteiger partial charge in [-0.1, -0.05) is 76.1 Å². The molecule has 1 saturated heterocycles. The molecule has 1 amide bonds. The molecule has 12 heteroatoms.